The summed E-state index contributed by atoms with van der Waals surface area (Å²) in [5, 5.41) is 0. The van der Waals surface area contributed by atoms with Crippen molar-refractivity contribution in [2.75, 3.05) is 0 Å². The summed E-state index contributed by atoms with van der Waals surface area (Å²) >= 11 is 0. The third kappa shape index (κ3) is 1.69. The predicted molar refractivity (Wildman–Crippen MR) is 49.5 cm³/mol. The van der Waals surface area contributed by atoms with Crippen LogP contribution in [-0.2, 0) is 4.79 Å². The topological polar surface area (TPSA) is 17.1 Å². The molecule has 0 aromatic rings. The van der Waals surface area contributed by atoms with E-state index < -0.39 is 0 Å². The molecule has 66 valence electrons. The highest BCUT2D eigenvalue weighted by Crippen LogP contribution is 2.31. The van der Waals surface area contributed by atoms with Crippen LogP contribution in [0.25, 0.3) is 0 Å². The number of terminal acetylenes is 1. The fourth-order valence-corrected chi connectivity index (χ4v) is 1.85. The van der Waals surface area contributed by atoms with Crippen molar-refractivity contribution >= 4 is 5.78 Å². The molecule has 1 rings (SSSR count). The quantitative estimate of drug-likeness (QED) is 0.543. The summed E-state index contributed by atoms with van der Waals surface area (Å²) in [5.41, 5.74) is 0. The number of carbonyl (C=O) groups excluding carboxylic acids is 1. The van der Waals surface area contributed by atoms with Crippen LogP contribution < -0.4 is 0 Å². The summed E-state index contributed by atoms with van der Waals surface area (Å²) in [6, 6.07) is 0. The van der Waals surface area contributed by atoms with Gasteiger partial charge in [0.05, 0.1) is 0 Å². The van der Waals surface area contributed by atoms with Crippen molar-refractivity contribution in [2.45, 2.75) is 33.1 Å². The van der Waals surface area contributed by atoms with Crippen molar-refractivity contribution < 1.29 is 4.79 Å². The van der Waals surface area contributed by atoms with Crippen LogP contribution in [0.5, 0.6) is 0 Å². The summed E-state index contributed by atoms with van der Waals surface area (Å²) < 4.78 is 0. The molecule has 0 aromatic carbocycles. The number of hydrogen-bond donors (Lipinski definition) is 0. The molecule has 3 atom stereocenters. The molecule has 0 saturated heterocycles. The molecule has 1 heteroatoms. The molecule has 1 saturated carbocycles. The van der Waals surface area contributed by atoms with Gasteiger partial charge in [-0.2, -0.15) is 0 Å². The SMILES string of the molecule is C#CCC1CCC(C)C(C)C1=O. The van der Waals surface area contributed by atoms with Crippen LogP contribution in [0.2, 0.25) is 0 Å². The van der Waals surface area contributed by atoms with Gasteiger partial charge in [-0.05, 0) is 18.8 Å². The van der Waals surface area contributed by atoms with Gasteiger partial charge >= 0.3 is 0 Å². The van der Waals surface area contributed by atoms with Crippen LogP contribution in [0.3, 0.4) is 0 Å². The van der Waals surface area contributed by atoms with E-state index in [9.17, 15) is 4.79 Å². The van der Waals surface area contributed by atoms with E-state index in [1.54, 1.807) is 0 Å². The summed E-state index contributed by atoms with van der Waals surface area (Å²) in [6.45, 7) is 4.17. The normalized spacial score (nSPS) is 36.1. The highest BCUT2D eigenvalue weighted by molar-refractivity contribution is 5.84. The highest BCUT2D eigenvalue weighted by atomic mass is 16.1. The van der Waals surface area contributed by atoms with Gasteiger partial charge in [-0.1, -0.05) is 13.8 Å². The first-order valence-electron chi connectivity index (χ1n) is 4.64. The number of hydrogen-bond acceptors (Lipinski definition) is 1. The van der Waals surface area contributed by atoms with Crippen molar-refractivity contribution in [2.24, 2.45) is 17.8 Å². The van der Waals surface area contributed by atoms with Crippen molar-refractivity contribution in [3.05, 3.63) is 0 Å². The molecule has 0 N–H and O–H groups in total. The van der Waals surface area contributed by atoms with E-state index in [2.05, 4.69) is 12.8 Å². The van der Waals surface area contributed by atoms with Crippen LogP contribution in [0.15, 0.2) is 0 Å². The van der Waals surface area contributed by atoms with Crippen LogP contribution >= 0.6 is 0 Å². The fourth-order valence-electron chi connectivity index (χ4n) is 1.85. The van der Waals surface area contributed by atoms with Crippen molar-refractivity contribution in [1.29, 1.82) is 0 Å². The van der Waals surface area contributed by atoms with Gasteiger partial charge in [0, 0.05) is 18.3 Å². The Morgan fingerprint density at radius 1 is 1.50 bits per heavy atom. The Balaban J connectivity index is 2.60. The molecule has 12 heavy (non-hydrogen) atoms. The first-order chi connectivity index (χ1) is 5.66. The Hall–Kier alpha value is -0.770. The maximum absolute atomic E-state index is 11.6. The lowest BCUT2D eigenvalue weighted by Crippen LogP contribution is -2.31. The van der Waals surface area contributed by atoms with E-state index in [0.717, 1.165) is 12.8 Å². The van der Waals surface area contributed by atoms with E-state index in [4.69, 9.17) is 6.42 Å². The summed E-state index contributed by atoms with van der Waals surface area (Å²) in [7, 11) is 0. The third-order valence-electron chi connectivity index (χ3n) is 3.04. The van der Waals surface area contributed by atoms with Crippen molar-refractivity contribution in [3.63, 3.8) is 0 Å². The predicted octanol–water partition coefficient (Wildman–Crippen LogP) is 2.26. The number of carbonyl (C=O) groups is 1. The Labute approximate surface area is 74.5 Å². The second-order valence-corrected chi connectivity index (χ2v) is 3.85. The monoisotopic (exact) mass is 164 g/mol. The zero-order chi connectivity index (χ0) is 9.14. The van der Waals surface area contributed by atoms with Gasteiger partial charge in [0.2, 0.25) is 0 Å². The molecule has 0 aliphatic heterocycles. The van der Waals surface area contributed by atoms with E-state index in [1.807, 2.05) is 6.92 Å². The second-order valence-electron chi connectivity index (χ2n) is 3.85. The van der Waals surface area contributed by atoms with Crippen molar-refractivity contribution in [3.8, 4) is 12.3 Å². The standard InChI is InChI=1S/C11H16O/c1-4-5-10-7-6-8(2)9(3)11(10)12/h1,8-10H,5-7H2,2-3H3. The molecule has 0 heterocycles. The zero-order valence-corrected chi connectivity index (χ0v) is 7.84. The van der Waals surface area contributed by atoms with E-state index in [-0.39, 0.29) is 11.8 Å². The van der Waals surface area contributed by atoms with Gasteiger partial charge in [-0.25, -0.2) is 0 Å². The number of ketones is 1. The van der Waals surface area contributed by atoms with Crippen LogP contribution in [0, 0.1) is 30.1 Å². The lowest BCUT2D eigenvalue weighted by molar-refractivity contribution is -0.130. The molecule has 3 unspecified atom stereocenters. The maximum atomic E-state index is 11.6. The van der Waals surface area contributed by atoms with E-state index >= 15 is 0 Å². The van der Waals surface area contributed by atoms with Gasteiger partial charge in [0.1, 0.15) is 5.78 Å². The number of Topliss-reactive ketones (excluding diaryl/α,β-unsaturated/α-hetero) is 1. The molecule has 1 aliphatic carbocycles. The molecule has 0 radical (unpaired) electrons. The first kappa shape index (κ1) is 9.32. The first-order valence-corrected chi connectivity index (χ1v) is 4.64. The molecule has 0 amide bonds. The smallest absolute Gasteiger partial charge is 0.139 e. The Bertz CT molecular complexity index is 212. The van der Waals surface area contributed by atoms with E-state index in [1.165, 1.54) is 0 Å². The average Bonchev–Trinajstić information content (AvgIpc) is 2.07. The summed E-state index contributed by atoms with van der Waals surface area (Å²) in [6.07, 6.45) is 7.98. The van der Waals surface area contributed by atoms with Crippen LogP contribution in [0.4, 0.5) is 0 Å². The molecular formula is C11H16O. The van der Waals surface area contributed by atoms with Gasteiger partial charge in [0.15, 0.2) is 0 Å². The minimum Gasteiger partial charge on any atom is -0.299 e. The Kier molecular flexibility index (Phi) is 2.92. The third-order valence-corrected chi connectivity index (χ3v) is 3.04. The van der Waals surface area contributed by atoms with Gasteiger partial charge in [-0.15, -0.1) is 12.3 Å². The lowest BCUT2D eigenvalue weighted by Gasteiger charge is -2.29. The molecule has 0 aromatic heterocycles. The van der Waals surface area contributed by atoms with Crippen LogP contribution in [-0.4, -0.2) is 5.78 Å². The van der Waals surface area contributed by atoms with Crippen molar-refractivity contribution in [1.82, 2.24) is 0 Å². The fraction of sp³-hybridized carbons (Fsp3) is 0.727. The Morgan fingerprint density at radius 3 is 2.75 bits per heavy atom. The summed E-state index contributed by atoms with van der Waals surface area (Å²) in [4.78, 5) is 11.6. The van der Waals surface area contributed by atoms with Gasteiger partial charge < -0.3 is 0 Å². The average molecular weight is 164 g/mol. The molecule has 1 aliphatic rings. The van der Waals surface area contributed by atoms with Gasteiger partial charge in [0.25, 0.3) is 0 Å². The van der Waals surface area contributed by atoms with Crippen LogP contribution in [0.1, 0.15) is 33.1 Å². The maximum Gasteiger partial charge on any atom is 0.139 e. The molecule has 0 bridgehead atoms. The van der Waals surface area contributed by atoms with Gasteiger partial charge in [-0.3, -0.25) is 4.79 Å². The summed E-state index contributed by atoms with van der Waals surface area (Å²) in [5.74, 6) is 3.88. The molecule has 1 nitrogen and oxygen atoms in total. The second kappa shape index (κ2) is 3.76. The number of rotatable bonds is 1. The molecular weight excluding hydrogens is 148 g/mol. The minimum atomic E-state index is 0.154. The molecule has 0 spiro atoms. The zero-order valence-electron chi connectivity index (χ0n) is 7.84. The Morgan fingerprint density at radius 2 is 2.17 bits per heavy atom. The minimum absolute atomic E-state index is 0.154. The molecule has 1 fully saturated rings. The van der Waals surface area contributed by atoms with E-state index in [0.29, 0.717) is 18.1 Å². The lowest BCUT2D eigenvalue weighted by atomic mass is 9.74. The largest absolute Gasteiger partial charge is 0.299 e. The highest BCUT2D eigenvalue weighted by Gasteiger charge is 2.31.